The zero-order valence-electron chi connectivity index (χ0n) is 16.7. The molecule has 0 aromatic carbocycles. The number of nitrogens with one attached hydrogen (secondary N) is 3. The van der Waals surface area contributed by atoms with Crippen LogP contribution in [0.1, 0.15) is 32.4 Å². The van der Waals surface area contributed by atoms with Gasteiger partial charge in [0, 0.05) is 51.0 Å². The predicted molar refractivity (Wildman–Crippen MR) is 109 cm³/mol. The summed E-state index contributed by atoms with van der Waals surface area (Å²) in [6.45, 7) is 7.01. The molecule has 0 spiro atoms. The molecule has 3 N–H and O–H groups in total. The van der Waals surface area contributed by atoms with Gasteiger partial charge in [0.1, 0.15) is 0 Å². The molecule has 0 amide bonds. The molecular weight excluding hydrogens is 364 g/mol. The topological polar surface area (TPSA) is 98.7 Å². The summed E-state index contributed by atoms with van der Waals surface area (Å²) in [5.74, 6) is 0.696. The van der Waals surface area contributed by atoms with E-state index in [4.69, 9.17) is 0 Å². The van der Waals surface area contributed by atoms with Crippen molar-refractivity contribution in [2.45, 2.75) is 44.8 Å². The zero-order chi connectivity index (χ0) is 19.9. The highest BCUT2D eigenvalue weighted by molar-refractivity contribution is 7.88. The minimum Gasteiger partial charge on any atom is -0.355 e. The molecule has 0 atom stereocenters. The maximum Gasteiger partial charge on any atom is 0.209 e. The van der Waals surface area contributed by atoms with Crippen LogP contribution >= 0.6 is 0 Å². The third-order valence-electron chi connectivity index (χ3n) is 4.42. The van der Waals surface area contributed by atoms with Crippen molar-refractivity contribution in [3.8, 4) is 0 Å². The lowest BCUT2D eigenvalue weighted by atomic mass is 10.0. The number of piperidine rings is 1. The largest absolute Gasteiger partial charge is 0.355 e. The highest BCUT2D eigenvalue weighted by Gasteiger charge is 2.24. The highest BCUT2D eigenvalue weighted by atomic mass is 32.2. The zero-order valence-corrected chi connectivity index (χ0v) is 17.5. The van der Waals surface area contributed by atoms with Crippen molar-refractivity contribution in [1.29, 1.82) is 0 Å². The Morgan fingerprint density at radius 3 is 2.59 bits per heavy atom. The summed E-state index contributed by atoms with van der Waals surface area (Å²) in [5, 5.41) is 6.66. The molecular formula is C18H32N6O2S. The third kappa shape index (κ3) is 8.23. The Labute approximate surface area is 162 Å². The number of pyridine rings is 1. The van der Waals surface area contributed by atoms with Gasteiger partial charge < -0.3 is 10.6 Å². The number of nitrogens with zero attached hydrogens (tertiary/aromatic N) is 3. The van der Waals surface area contributed by atoms with Crippen LogP contribution in [0, 0.1) is 0 Å². The van der Waals surface area contributed by atoms with Gasteiger partial charge in [0.05, 0.1) is 11.9 Å². The van der Waals surface area contributed by atoms with Gasteiger partial charge in [-0.2, -0.15) is 0 Å². The van der Waals surface area contributed by atoms with Gasteiger partial charge in [-0.3, -0.25) is 14.9 Å². The average molecular weight is 397 g/mol. The Morgan fingerprint density at radius 1 is 1.33 bits per heavy atom. The fraction of sp³-hybridized carbons (Fsp3) is 0.667. The van der Waals surface area contributed by atoms with E-state index >= 15 is 0 Å². The van der Waals surface area contributed by atoms with Gasteiger partial charge in [0.2, 0.25) is 10.0 Å². The minimum atomic E-state index is -3.26. The van der Waals surface area contributed by atoms with Gasteiger partial charge in [-0.15, -0.1) is 0 Å². The summed E-state index contributed by atoms with van der Waals surface area (Å²) in [6, 6.07) is 6.36. The summed E-state index contributed by atoms with van der Waals surface area (Å²) in [4.78, 5) is 11.1. The molecule has 0 unspecified atom stereocenters. The summed E-state index contributed by atoms with van der Waals surface area (Å²) in [5.41, 5.74) is 0.499. The van der Waals surface area contributed by atoms with Crippen molar-refractivity contribution in [3.63, 3.8) is 0 Å². The maximum absolute atomic E-state index is 11.4. The van der Waals surface area contributed by atoms with E-state index in [1.165, 1.54) is 6.26 Å². The Morgan fingerprint density at radius 2 is 2.04 bits per heavy atom. The van der Waals surface area contributed by atoms with Crippen LogP contribution in [0.25, 0.3) is 0 Å². The summed E-state index contributed by atoms with van der Waals surface area (Å²) in [7, 11) is -1.53. The fourth-order valence-electron chi connectivity index (χ4n) is 3.19. The van der Waals surface area contributed by atoms with Crippen molar-refractivity contribution in [2.75, 3.05) is 32.9 Å². The predicted octanol–water partition coefficient (Wildman–Crippen LogP) is 0.539. The number of rotatable bonds is 7. The van der Waals surface area contributed by atoms with Crippen molar-refractivity contribution < 1.29 is 8.42 Å². The molecule has 2 heterocycles. The molecule has 1 aliphatic heterocycles. The molecule has 1 aromatic rings. The third-order valence-corrected chi connectivity index (χ3v) is 5.35. The number of aromatic nitrogens is 1. The number of aliphatic imine (C=N–C) groups is 1. The van der Waals surface area contributed by atoms with Gasteiger partial charge in [-0.05, 0) is 38.8 Å². The molecule has 9 heteroatoms. The second-order valence-corrected chi connectivity index (χ2v) is 9.45. The lowest BCUT2D eigenvalue weighted by Crippen LogP contribution is -2.55. The van der Waals surface area contributed by atoms with E-state index < -0.39 is 15.6 Å². The summed E-state index contributed by atoms with van der Waals surface area (Å²) in [6.07, 6.45) is 5.05. The molecule has 0 radical (unpaired) electrons. The van der Waals surface area contributed by atoms with Crippen LogP contribution in [-0.4, -0.2) is 68.8 Å². The van der Waals surface area contributed by atoms with Crippen LogP contribution < -0.4 is 15.4 Å². The van der Waals surface area contributed by atoms with Gasteiger partial charge in [-0.1, -0.05) is 6.07 Å². The lowest BCUT2D eigenvalue weighted by molar-refractivity contribution is 0.196. The number of hydrogen-bond acceptors (Lipinski definition) is 5. The first-order chi connectivity index (χ1) is 12.7. The van der Waals surface area contributed by atoms with Gasteiger partial charge >= 0.3 is 0 Å². The van der Waals surface area contributed by atoms with Gasteiger partial charge in [-0.25, -0.2) is 13.1 Å². The Kier molecular flexibility index (Phi) is 7.58. The van der Waals surface area contributed by atoms with E-state index in [-0.39, 0.29) is 0 Å². The van der Waals surface area contributed by atoms with Crippen molar-refractivity contribution in [2.24, 2.45) is 4.99 Å². The quantitative estimate of drug-likeness (QED) is 0.460. The SMILES string of the molecule is CN=C(NCC(C)(C)NS(C)(=O)=O)NC1CCN(Cc2ccccn2)CC1. The average Bonchev–Trinajstić information content (AvgIpc) is 2.59. The van der Waals surface area contributed by atoms with Crippen molar-refractivity contribution >= 4 is 16.0 Å². The number of hydrogen-bond donors (Lipinski definition) is 3. The van der Waals surface area contributed by atoms with Crippen LogP contribution in [-0.2, 0) is 16.6 Å². The second-order valence-electron chi connectivity index (χ2n) is 7.70. The molecule has 152 valence electrons. The van der Waals surface area contributed by atoms with E-state index in [2.05, 4.69) is 36.3 Å². The number of sulfonamides is 1. The number of guanidine groups is 1. The lowest BCUT2D eigenvalue weighted by Gasteiger charge is -2.33. The van der Waals surface area contributed by atoms with E-state index in [1.807, 2.05) is 32.2 Å². The van der Waals surface area contributed by atoms with Crippen LogP contribution in [0.4, 0.5) is 0 Å². The molecule has 27 heavy (non-hydrogen) atoms. The Bertz CT molecular complexity index is 713. The molecule has 1 aromatic heterocycles. The summed E-state index contributed by atoms with van der Waals surface area (Å²) < 4.78 is 25.5. The summed E-state index contributed by atoms with van der Waals surface area (Å²) >= 11 is 0. The highest BCUT2D eigenvalue weighted by Crippen LogP contribution is 2.13. The second kappa shape index (κ2) is 9.48. The molecule has 0 bridgehead atoms. The van der Waals surface area contributed by atoms with Gasteiger partial charge in [0.15, 0.2) is 5.96 Å². The van der Waals surface area contributed by atoms with Crippen LogP contribution in [0.15, 0.2) is 29.4 Å². The fourth-order valence-corrected chi connectivity index (χ4v) is 4.26. The normalized spacial score (nSPS) is 17.7. The van der Waals surface area contributed by atoms with Gasteiger partial charge in [0.25, 0.3) is 0 Å². The Balaban J connectivity index is 1.76. The molecule has 1 saturated heterocycles. The van der Waals surface area contributed by atoms with E-state index in [9.17, 15) is 8.42 Å². The van der Waals surface area contributed by atoms with Crippen LogP contribution in [0.3, 0.4) is 0 Å². The van der Waals surface area contributed by atoms with Crippen molar-refractivity contribution in [3.05, 3.63) is 30.1 Å². The molecule has 1 aliphatic rings. The molecule has 8 nitrogen and oxygen atoms in total. The number of likely N-dealkylation sites (tertiary alicyclic amines) is 1. The molecule has 2 rings (SSSR count). The molecule has 1 fully saturated rings. The smallest absolute Gasteiger partial charge is 0.209 e. The maximum atomic E-state index is 11.4. The Hall–Kier alpha value is -1.71. The first-order valence-electron chi connectivity index (χ1n) is 9.25. The van der Waals surface area contributed by atoms with E-state index in [1.54, 1.807) is 7.05 Å². The first kappa shape index (κ1) is 21.6. The van der Waals surface area contributed by atoms with Crippen LogP contribution in [0.2, 0.25) is 0 Å². The van der Waals surface area contributed by atoms with Crippen molar-refractivity contribution in [1.82, 2.24) is 25.2 Å². The minimum absolute atomic E-state index is 0.349. The van der Waals surface area contributed by atoms with Crippen LogP contribution in [0.5, 0.6) is 0 Å². The van der Waals surface area contributed by atoms with E-state index in [0.717, 1.165) is 38.2 Å². The first-order valence-corrected chi connectivity index (χ1v) is 11.1. The molecule has 0 aliphatic carbocycles. The molecule has 0 saturated carbocycles. The monoisotopic (exact) mass is 396 g/mol. The van der Waals surface area contributed by atoms with E-state index in [0.29, 0.717) is 18.5 Å². The standard InChI is InChI=1S/C18H32N6O2S/c1-18(2,23-27(4,25)26)14-21-17(19-3)22-15-8-11-24(12-9-15)13-16-7-5-6-10-20-16/h5-7,10,15,23H,8-9,11-14H2,1-4H3,(H2,19,21,22).